The molecule has 6 nitrogen and oxygen atoms in total. The van der Waals surface area contributed by atoms with Gasteiger partial charge in [0, 0.05) is 56.9 Å². The van der Waals surface area contributed by atoms with Gasteiger partial charge in [-0.25, -0.2) is 0 Å². The number of piperidine rings is 1. The van der Waals surface area contributed by atoms with Crippen LogP contribution in [0.5, 0.6) is 0 Å². The molecule has 3 aliphatic heterocycles. The van der Waals surface area contributed by atoms with Crippen LogP contribution in [0.4, 0.5) is 5.69 Å². The van der Waals surface area contributed by atoms with Gasteiger partial charge in [0.1, 0.15) is 0 Å². The second kappa shape index (κ2) is 7.92. The number of carbonyl (C=O) groups excluding carboxylic acids is 1. The molecule has 0 unspecified atom stereocenters. The molecule has 26 heavy (non-hydrogen) atoms. The molecule has 1 amide bonds. The Morgan fingerprint density at radius 3 is 2.85 bits per heavy atom. The van der Waals surface area contributed by atoms with Gasteiger partial charge in [-0.3, -0.25) is 9.78 Å². The Morgan fingerprint density at radius 1 is 1.15 bits per heavy atom. The third-order valence-electron chi connectivity index (χ3n) is 5.99. The maximum Gasteiger partial charge on any atom is 0.225 e. The van der Waals surface area contributed by atoms with Crippen LogP contribution in [-0.2, 0) is 14.3 Å². The van der Waals surface area contributed by atoms with Crippen LogP contribution in [0.25, 0.3) is 0 Å². The highest BCUT2D eigenvalue weighted by molar-refractivity contribution is 5.79. The van der Waals surface area contributed by atoms with E-state index in [4.69, 9.17) is 9.47 Å². The maximum atomic E-state index is 13.0. The molecule has 1 aromatic heterocycles. The van der Waals surface area contributed by atoms with Crippen molar-refractivity contribution in [3.05, 3.63) is 24.5 Å². The molecule has 3 saturated heterocycles. The third-order valence-corrected chi connectivity index (χ3v) is 5.99. The molecular weight excluding hydrogens is 330 g/mol. The van der Waals surface area contributed by atoms with Crippen LogP contribution in [0.1, 0.15) is 25.7 Å². The number of hydrogen-bond acceptors (Lipinski definition) is 5. The lowest BCUT2D eigenvalue weighted by atomic mass is 9.79. The van der Waals surface area contributed by atoms with Crippen molar-refractivity contribution >= 4 is 11.6 Å². The highest BCUT2D eigenvalue weighted by atomic mass is 16.5. The fourth-order valence-corrected chi connectivity index (χ4v) is 4.60. The zero-order valence-electron chi connectivity index (χ0n) is 15.4. The van der Waals surface area contributed by atoms with E-state index in [1.165, 1.54) is 0 Å². The molecule has 0 radical (unpaired) electrons. The molecule has 0 saturated carbocycles. The van der Waals surface area contributed by atoms with Crippen LogP contribution in [-0.4, -0.2) is 68.4 Å². The van der Waals surface area contributed by atoms with Crippen LogP contribution in [0, 0.1) is 11.3 Å². The zero-order valence-corrected chi connectivity index (χ0v) is 15.4. The molecule has 1 aromatic rings. The summed E-state index contributed by atoms with van der Waals surface area (Å²) in [6.45, 7) is 6.38. The number of aromatic nitrogens is 1. The number of hydrogen-bond donors (Lipinski definition) is 0. The number of carbonyl (C=O) groups is 1. The minimum Gasteiger partial charge on any atom is -0.381 e. The predicted octanol–water partition coefficient (Wildman–Crippen LogP) is 1.95. The molecule has 6 heteroatoms. The summed E-state index contributed by atoms with van der Waals surface area (Å²) < 4.78 is 11.4. The van der Waals surface area contributed by atoms with Gasteiger partial charge in [0.25, 0.3) is 0 Å². The molecule has 3 fully saturated rings. The average Bonchev–Trinajstić information content (AvgIpc) is 2.91. The van der Waals surface area contributed by atoms with E-state index in [0.29, 0.717) is 19.1 Å². The molecule has 0 N–H and O–H groups in total. The summed E-state index contributed by atoms with van der Waals surface area (Å²) in [6.07, 6.45) is 7.62. The second-order valence-corrected chi connectivity index (χ2v) is 7.94. The van der Waals surface area contributed by atoms with Crippen LogP contribution >= 0.6 is 0 Å². The van der Waals surface area contributed by atoms with Gasteiger partial charge in [0.15, 0.2) is 0 Å². The lowest BCUT2D eigenvalue weighted by molar-refractivity contribution is -0.143. The first-order chi connectivity index (χ1) is 12.8. The van der Waals surface area contributed by atoms with Crippen LogP contribution in [0.2, 0.25) is 0 Å². The Kier molecular flexibility index (Phi) is 5.41. The second-order valence-electron chi connectivity index (χ2n) is 7.94. The Morgan fingerprint density at radius 2 is 2.04 bits per heavy atom. The molecule has 4 rings (SSSR count). The predicted molar refractivity (Wildman–Crippen MR) is 99.1 cm³/mol. The van der Waals surface area contributed by atoms with Crippen molar-refractivity contribution in [1.29, 1.82) is 0 Å². The lowest BCUT2D eigenvalue weighted by Crippen LogP contribution is -2.53. The Labute approximate surface area is 155 Å². The lowest BCUT2D eigenvalue weighted by Gasteiger charge is -2.45. The van der Waals surface area contributed by atoms with Gasteiger partial charge in [0.05, 0.1) is 25.1 Å². The van der Waals surface area contributed by atoms with Gasteiger partial charge in [0.2, 0.25) is 5.91 Å². The average molecular weight is 359 g/mol. The molecule has 0 aliphatic carbocycles. The number of likely N-dealkylation sites (tertiary alicyclic amines) is 1. The Balaban J connectivity index is 1.48. The molecule has 0 aromatic carbocycles. The van der Waals surface area contributed by atoms with Gasteiger partial charge in [-0.1, -0.05) is 0 Å². The van der Waals surface area contributed by atoms with E-state index in [-0.39, 0.29) is 11.3 Å². The summed E-state index contributed by atoms with van der Waals surface area (Å²) in [7, 11) is 0. The van der Waals surface area contributed by atoms with Crippen molar-refractivity contribution in [2.24, 2.45) is 11.3 Å². The molecule has 1 atom stereocenters. The minimum atomic E-state index is 0.0193. The number of rotatable bonds is 2. The van der Waals surface area contributed by atoms with Gasteiger partial charge in [-0.15, -0.1) is 0 Å². The molecule has 4 heterocycles. The van der Waals surface area contributed by atoms with Crippen molar-refractivity contribution in [2.45, 2.75) is 25.7 Å². The smallest absolute Gasteiger partial charge is 0.225 e. The summed E-state index contributed by atoms with van der Waals surface area (Å²) in [5.74, 6) is 0.463. The number of pyridine rings is 1. The summed E-state index contributed by atoms with van der Waals surface area (Å²) in [4.78, 5) is 21.8. The third kappa shape index (κ3) is 3.86. The van der Waals surface area contributed by atoms with Crippen LogP contribution < -0.4 is 4.90 Å². The van der Waals surface area contributed by atoms with Crippen molar-refractivity contribution in [3.8, 4) is 0 Å². The largest absolute Gasteiger partial charge is 0.381 e. The van der Waals surface area contributed by atoms with Crippen molar-refractivity contribution in [1.82, 2.24) is 9.88 Å². The monoisotopic (exact) mass is 359 g/mol. The van der Waals surface area contributed by atoms with Crippen molar-refractivity contribution in [2.75, 3.05) is 57.5 Å². The summed E-state index contributed by atoms with van der Waals surface area (Å²) in [5, 5.41) is 0. The van der Waals surface area contributed by atoms with Gasteiger partial charge in [-0.2, -0.15) is 0 Å². The van der Waals surface area contributed by atoms with Gasteiger partial charge >= 0.3 is 0 Å². The summed E-state index contributed by atoms with van der Waals surface area (Å²) >= 11 is 0. The fraction of sp³-hybridized carbons (Fsp3) is 0.700. The van der Waals surface area contributed by atoms with E-state index in [2.05, 4.69) is 20.9 Å². The first kappa shape index (κ1) is 17.7. The Bertz CT molecular complexity index is 606. The number of nitrogens with zero attached hydrogens (tertiary/aromatic N) is 3. The van der Waals surface area contributed by atoms with Crippen LogP contribution in [0.15, 0.2) is 24.5 Å². The maximum absolute atomic E-state index is 13.0. The summed E-state index contributed by atoms with van der Waals surface area (Å²) in [5.41, 5.74) is 1.16. The quantitative estimate of drug-likeness (QED) is 0.808. The molecule has 1 spiro atoms. The standard InChI is InChI=1S/C20H29N3O3/c24-19(17-4-10-25-11-5-17)23-8-2-6-20(15-23)14-22(9-12-26-16-20)18-3-1-7-21-13-18/h1,3,7,13,17H,2,4-6,8-12,14-16H2/t20-/m0/s1. The first-order valence-corrected chi connectivity index (χ1v) is 9.85. The van der Waals surface area contributed by atoms with Crippen molar-refractivity contribution in [3.63, 3.8) is 0 Å². The van der Waals surface area contributed by atoms with Crippen LogP contribution in [0.3, 0.4) is 0 Å². The molecular formula is C20H29N3O3. The highest BCUT2D eigenvalue weighted by Gasteiger charge is 2.41. The van der Waals surface area contributed by atoms with E-state index in [0.717, 1.165) is 70.8 Å². The van der Waals surface area contributed by atoms with E-state index in [1.54, 1.807) is 0 Å². The van der Waals surface area contributed by atoms with E-state index in [1.807, 2.05) is 18.5 Å². The Hall–Kier alpha value is -1.66. The van der Waals surface area contributed by atoms with Gasteiger partial charge in [-0.05, 0) is 37.8 Å². The first-order valence-electron chi connectivity index (χ1n) is 9.85. The minimum absolute atomic E-state index is 0.0193. The molecule has 0 bridgehead atoms. The normalized spacial score (nSPS) is 28.2. The number of amides is 1. The van der Waals surface area contributed by atoms with E-state index >= 15 is 0 Å². The summed E-state index contributed by atoms with van der Waals surface area (Å²) in [6, 6.07) is 4.09. The molecule has 3 aliphatic rings. The van der Waals surface area contributed by atoms with E-state index in [9.17, 15) is 4.79 Å². The van der Waals surface area contributed by atoms with Gasteiger partial charge < -0.3 is 19.3 Å². The number of anilines is 1. The number of ether oxygens (including phenoxy) is 2. The van der Waals surface area contributed by atoms with Crippen molar-refractivity contribution < 1.29 is 14.3 Å². The SMILES string of the molecule is O=C(C1CCOCC1)N1CCC[C@@]2(COCCN(c3cccnc3)C2)C1. The molecule has 142 valence electrons. The fourth-order valence-electron chi connectivity index (χ4n) is 4.60. The zero-order chi connectivity index (χ0) is 17.8. The van der Waals surface area contributed by atoms with E-state index < -0.39 is 0 Å². The topological polar surface area (TPSA) is 54.9 Å². The highest BCUT2D eigenvalue weighted by Crippen LogP contribution is 2.35.